The Morgan fingerprint density at radius 2 is 1.92 bits per heavy atom. The van der Waals surface area contributed by atoms with Gasteiger partial charge in [0.15, 0.2) is 0 Å². The predicted molar refractivity (Wildman–Crippen MR) is 94.5 cm³/mol. The van der Waals surface area contributed by atoms with Gasteiger partial charge in [0.25, 0.3) is 5.91 Å². The molecule has 24 heavy (non-hydrogen) atoms. The third kappa shape index (κ3) is 3.62. The van der Waals surface area contributed by atoms with Gasteiger partial charge in [-0.3, -0.25) is 14.6 Å². The fraction of sp³-hybridized carbons (Fsp3) is 0.316. The van der Waals surface area contributed by atoms with Gasteiger partial charge in [0.2, 0.25) is 5.91 Å². The minimum Gasteiger partial charge on any atom is -0.368 e. The van der Waals surface area contributed by atoms with Crippen molar-refractivity contribution in [2.24, 2.45) is 5.73 Å². The summed E-state index contributed by atoms with van der Waals surface area (Å²) in [5.74, 6) is -0.719. The molecule has 0 saturated carbocycles. The van der Waals surface area contributed by atoms with E-state index in [0.29, 0.717) is 12.1 Å². The van der Waals surface area contributed by atoms with Crippen molar-refractivity contribution in [1.82, 2.24) is 9.88 Å². The number of amides is 2. The van der Waals surface area contributed by atoms with Gasteiger partial charge in [0, 0.05) is 29.1 Å². The van der Waals surface area contributed by atoms with Crippen LogP contribution in [0.15, 0.2) is 36.4 Å². The van der Waals surface area contributed by atoms with E-state index in [1.54, 1.807) is 13.0 Å². The topological polar surface area (TPSA) is 76.3 Å². The summed E-state index contributed by atoms with van der Waals surface area (Å²) in [7, 11) is 0. The van der Waals surface area contributed by atoms with Crippen molar-refractivity contribution in [3.8, 4) is 11.1 Å². The van der Waals surface area contributed by atoms with Crippen LogP contribution in [0.5, 0.6) is 0 Å². The van der Waals surface area contributed by atoms with Gasteiger partial charge in [-0.25, -0.2) is 0 Å². The number of primary amides is 1. The number of carbonyl (C=O) groups is 2. The molecule has 0 aliphatic carbocycles. The maximum absolute atomic E-state index is 12.7. The highest BCUT2D eigenvalue weighted by atomic mass is 16.2. The summed E-state index contributed by atoms with van der Waals surface area (Å²) >= 11 is 0. The number of rotatable bonds is 5. The molecule has 0 aliphatic rings. The van der Waals surface area contributed by atoms with Gasteiger partial charge in [-0.2, -0.15) is 0 Å². The average Bonchev–Trinajstić information content (AvgIpc) is 2.55. The van der Waals surface area contributed by atoms with Gasteiger partial charge >= 0.3 is 0 Å². The molecule has 0 fully saturated rings. The van der Waals surface area contributed by atoms with Crippen LogP contribution in [-0.4, -0.2) is 34.3 Å². The normalized spacial score (nSPS) is 11.8. The van der Waals surface area contributed by atoms with Gasteiger partial charge in [-0.15, -0.1) is 0 Å². The zero-order valence-corrected chi connectivity index (χ0v) is 14.5. The molecular weight excluding hydrogens is 302 g/mol. The standard InChI is InChI=1S/C19H23N3O2/c1-5-22(14(4)18(20)23)19(24)16-8-6-7-15(11-16)17-10-9-12(2)21-13(17)3/h6-11,14H,5H2,1-4H3,(H2,20,23)/t14-/m1/s1. The van der Waals surface area contributed by atoms with E-state index in [-0.39, 0.29) is 5.91 Å². The van der Waals surface area contributed by atoms with Crippen molar-refractivity contribution in [3.05, 3.63) is 53.3 Å². The van der Waals surface area contributed by atoms with Crippen LogP contribution in [0.1, 0.15) is 35.6 Å². The van der Waals surface area contributed by atoms with Gasteiger partial charge in [-0.1, -0.05) is 18.2 Å². The quantitative estimate of drug-likeness (QED) is 0.918. The number of aromatic nitrogens is 1. The molecule has 2 rings (SSSR count). The molecule has 0 saturated heterocycles. The number of nitrogens with two attached hydrogens (primary N) is 1. The van der Waals surface area contributed by atoms with Crippen LogP contribution >= 0.6 is 0 Å². The van der Waals surface area contributed by atoms with E-state index in [1.165, 1.54) is 4.90 Å². The van der Waals surface area contributed by atoms with Crippen LogP contribution in [0.3, 0.4) is 0 Å². The van der Waals surface area contributed by atoms with E-state index < -0.39 is 11.9 Å². The Bertz CT molecular complexity index is 771. The molecule has 5 nitrogen and oxygen atoms in total. The van der Waals surface area contributed by atoms with E-state index >= 15 is 0 Å². The van der Waals surface area contributed by atoms with Crippen molar-refractivity contribution >= 4 is 11.8 Å². The number of aryl methyl sites for hydroxylation is 2. The van der Waals surface area contributed by atoms with Gasteiger partial charge in [0.05, 0.1) is 0 Å². The molecule has 2 N–H and O–H groups in total. The minimum absolute atomic E-state index is 0.205. The molecule has 1 aromatic heterocycles. The van der Waals surface area contributed by atoms with Crippen molar-refractivity contribution in [2.75, 3.05) is 6.54 Å². The van der Waals surface area contributed by atoms with E-state index in [4.69, 9.17) is 5.73 Å². The molecule has 2 amide bonds. The zero-order chi connectivity index (χ0) is 17.9. The van der Waals surface area contributed by atoms with Crippen molar-refractivity contribution in [3.63, 3.8) is 0 Å². The van der Waals surface area contributed by atoms with Crippen LogP contribution < -0.4 is 5.73 Å². The molecule has 1 aromatic carbocycles. The Morgan fingerprint density at radius 1 is 1.21 bits per heavy atom. The van der Waals surface area contributed by atoms with Crippen LogP contribution in [0, 0.1) is 13.8 Å². The summed E-state index contributed by atoms with van der Waals surface area (Å²) in [5.41, 5.74) is 9.65. The summed E-state index contributed by atoms with van der Waals surface area (Å²) in [5, 5.41) is 0. The third-order valence-corrected chi connectivity index (χ3v) is 4.13. The largest absolute Gasteiger partial charge is 0.368 e. The van der Waals surface area contributed by atoms with Crippen LogP contribution in [-0.2, 0) is 4.79 Å². The second-order valence-electron chi connectivity index (χ2n) is 5.84. The molecule has 5 heteroatoms. The van der Waals surface area contributed by atoms with E-state index in [2.05, 4.69) is 4.98 Å². The molecular formula is C19H23N3O2. The summed E-state index contributed by atoms with van der Waals surface area (Å²) in [4.78, 5) is 30.1. The van der Waals surface area contributed by atoms with E-state index in [9.17, 15) is 9.59 Å². The van der Waals surface area contributed by atoms with Crippen LogP contribution in [0.25, 0.3) is 11.1 Å². The molecule has 0 bridgehead atoms. The lowest BCUT2D eigenvalue weighted by Crippen LogP contribution is -2.46. The second kappa shape index (κ2) is 7.25. The average molecular weight is 325 g/mol. The first-order chi connectivity index (χ1) is 11.3. The first-order valence-electron chi connectivity index (χ1n) is 8.00. The Morgan fingerprint density at radius 3 is 2.50 bits per heavy atom. The van der Waals surface area contributed by atoms with Gasteiger partial charge in [-0.05, 0) is 51.5 Å². The fourth-order valence-corrected chi connectivity index (χ4v) is 2.72. The first kappa shape index (κ1) is 17.7. The molecule has 1 atom stereocenters. The lowest BCUT2D eigenvalue weighted by Gasteiger charge is -2.26. The highest BCUT2D eigenvalue weighted by Crippen LogP contribution is 2.24. The number of carbonyl (C=O) groups excluding carboxylic acids is 2. The lowest BCUT2D eigenvalue weighted by atomic mass is 10.0. The highest BCUT2D eigenvalue weighted by Gasteiger charge is 2.23. The maximum atomic E-state index is 12.7. The van der Waals surface area contributed by atoms with Crippen molar-refractivity contribution in [1.29, 1.82) is 0 Å². The van der Waals surface area contributed by atoms with Crippen molar-refractivity contribution in [2.45, 2.75) is 33.7 Å². The number of hydrogen-bond acceptors (Lipinski definition) is 3. The van der Waals surface area contributed by atoms with Crippen LogP contribution in [0.4, 0.5) is 0 Å². The highest BCUT2D eigenvalue weighted by molar-refractivity contribution is 5.98. The predicted octanol–water partition coefficient (Wildman–Crippen LogP) is 2.70. The number of benzene rings is 1. The Kier molecular flexibility index (Phi) is 5.34. The molecule has 126 valence electrons. The first-order valence-corrected chi connectivity index (χ1v) is 8.00. The Balaban J connectivity index is 2.39. The maximum Gasteiger partial charge on any atom is 0.254 e. The molecule has 0 unspecified atom stereocenters. The SMILES string of the molecule is CCN(C(=O)c1cccc(-c2ccc(C)nc2C)c1)[C@H](C)C(N)=O. The number of nitrogens with zero attached hydrogens (tertiary/aromatic N) is 2. The molecule has 2 aromatic rings. The van der Waals surface area contributed by atoms with Gasteiger partial charge < -0.3 is 10.6 Å². The Hall–Kier alpha value is -2.69. The summed E-state index contributed by atoms with van der Waals surface area (Å²) in [6, 6.07) is 10.7. The van der Waals surface area contributed by atoms with E-state index in [1.807, 2.05) is 51.1 Å². The number of likely N-dealkylation sites (N-methyl/N-ethyl adjacent to an activating group) is 1. The molecule has 0 radical (unpaired) electrons. The molecule has 1 heterocycles. The smallest absolute Gasteiger partial charge is 0.254 e. The van der Waals surface area contributed by atoms with Gasteiger partial charge in [0.1, 0.15) is 6.04 Å². The van der Waals surface area contributed by atoms with Crippen LogP contribution in [0.2, 0.25) is 0 Å². The summed E-state index contributed by atoms with van der Waals surface area (Å²) in [6.45, 7) is 7.78. The third-order valence-electron chi connectivity index (χ3n) is 4.13. The summed E-state index contributed by atoms with van der Waals surface area (Å²) < 4.78 is 0. The van der Waals surface area contributed by atoms with Crippen molar-refractivity contribution < 1.29 is 9.59 Å². The number of hydrogen-bond donors (Lipinski definition) is 1. The molecule has 0 aliphatic heterocycles. The second-order valence-corrected chi connectivity index (χ2v) is 5.84. The minimum atomic E-state index is -0.645. The lowest BCUT2D eigenvalue weighted by molar-refractivity contribution is -0.121. The monoisotopic (exact) mass is 325 g/mol. The summed E-state index contributed by atoms with van der Waals surface area (Å²) in [6.07, 6.45) is 0. The fourth-order valence-electron chi connectivity index (χ4n) is 2.72. The molecule has 0 spiro atoms. The Labute approximate surface area is 142 Å². The van der Waals surface area contributed by atoms with E-state index in [0.717, 1.165) is 22.5 Å². The number of pyridine rings is 1. The zero-order valence-electron chi connectivity index (χ0n) is 14.5.